The Hall–Kier alpha value is -0.800. The van der Waals surface area contributed by atoms with E-state index in [2.05, 4.69) is 36.0 Å². The van der Waals surface area contributed by atoms with Crippen LogP contribution < -0.4 is 4.90 Å². The van der Waals surface area contributed by atoms with Gasteiger partial charge in [0, 0.05) is 31.8 Å². The minimum atomic E-state index is 0.338. The normalized spacial score (nSPS) is 19.4. The summed E-state index contributed by atoms with van der Waals surface area (Å²) >= 11 is 5.95. The highest BCUT2D eigenvalue weighted by Gasteiger charge is 2.17. The monoisotopic (exact) mass is 282 g/mol. The van der Waals surface area contributed by atoms with Crippen molar-refractivity contribution >= 4 is 17.4 Å². The van der Waals surface area contributed by atoms with Crippen LogP contribution in [0.15, 0.2) is 12.1 Å². The third kappa shape index (κ3) is 4.08. The molecule has 0 saturated carbocycles. The van der Waals surface area contributed by atoms with Crippen molar-refractivity contribution in [2.45, 2.75) is 44.6 Å². The average Bonchev–Trinajstić information content (AvgIpc) is 2.47. The molecule has 106 valence electrons. The second-order valence-electron chi connectivity index (χ2n) is 5.18. The van der Waals surface area contributed by atoms with Gasteiger partial charge in [-0.2, -0.15) is 0 Å². The van der Waals surface area contributed by atoms with Crippen LogP contribution in [0, 0.1) is 0 Å². The van der Waals surface area contributed by atoms with Crippen LogP contribution in [0.3, 0.4) is 0 Å². The topological polar surface area (TPSA) is 25.4 Å². The zero-order valence-electron chi connectivity index (χ0n) is 11.9. The van der Waals surface area contributed by atoms with E-state index < -0.39 is 0 Å². The number of hydrogen-bond acceptors (Lipinski definition) is 3. The van der Waals surface area contributed by atoms with Crippen molar-refractivity contribution in [1.82, 2.24) is 4.98 Å². The Labute approximate surface area is 120 Å². The summed E-state index contributed by atoms with van der Waals surface area (Å²) in [6.07, 6.45) is 4.89. The van der Waals surface area contributed by atoms with Crippen LogP contribution in [0.1, 0.15) is 37.4 Å². The Balaban J connectivity index is 2.06. The second-order valence-corrected chi connectivity index (χ2v) is 5.45. The summed E-state index contributed by atoms with van der Waals surface area (Å²) in [6.45, 7) is 3.92. The molecule has 1 unspecified atom stereocenters. The van der Waals surface area contributed by atoms with Gasteiger partial charge < -0.3 is 9.64 Å². The largest absolute Gasteiger partial charge is 0.376 e. The van der Waals surface area contributed by atoms with Crippen LogP contribution in [-0.2, 0) is 17.0 Å². The number of pyridine rings is 1. The lowest BCUT2D eigenvalue weighted by molar-refractivity contribution is 0.0215. The number of anilines is 1. The molecule has 19 heavy (non-hydrogen) atoms. The van der Waals surface area contributed by atoms with Crippen molar-refractivity contribution in [3.63, 3.8) is 0 Å². The number of nitrogens with zero attached hydrogens (tertiary/aromatic N) is 2. The molecule has 0 spiro atoms. The standard InChI is InChI=1S/C15H23ClN2O/c1-3-13-8-12(10-16)9-15(17-13)18(2)11-14-6-4-5-7-19-14/h8-9,14H,3-7,10-11H2,1-2H3. The van der Waals surface area contributed by atoms with Gasteiger partial charge in [-0.3, -0.25) is 0 Å². The van der Waals surface area contributed by atoms with Gasteiger partial charge in [0.25, 0.3) is 0 Å². The Morgan fingerprint density at radius 2 is 2.26 bits per heavy atom. The second kappa shape index (κ2) is 7.11. The minimum Gasteiger partial charge on any atom is -0.376 e. The lowest BCUT2D eigenvalue weighted by Gasteiger charge is -2.28. The molecule has 0 aromatic carbocycles. The molecule has 0 aliphatic carbocycles. The number of alkyl halides is 1. The lowest BCUT2D eigenvalue weighted by Crippen LogP contribution is -2.33. The summed E-state index contributed by atoms with van der Waals surface area (Å²) in [6, 6.07) is 4.16. The van der Waals surface area contributed by atoms with Crippen molar-refractivity contribution in [2.24, 2.45) is 0 Å². The SMILES string of the molecule is CCc1cc(CCl)cc(N(C)CC2CCCCO2)n1. The Morgan fingerprint density at radius 1 is 1.42 bits per heavy atom. The molecule has 1 saturated heterocycles. The maximum absolute atomic E-state index is 5.95. The summed E-state index contributed by atoms with van der Waals surface area (Å²) in [5.41, 5.74) is 2.24. The minimum absolute atomic E-state index is 0.338. The highest BCUT2D eigenvalue weighted by molar-refractivity contribution is 6.17. The molecule has 2 rings (SSSR count). The zero-order valence-corrected chi connectivity index (χ0v) is 12.6. The number of ether oxygens (including phenoxy) is 1. The first-order chi connectivity index (χ1) is 9.22. The first kappa shape index (κ1) is 14.6. The number of aryl methyl sites for hydroxylation is 1. The summed E-state index contributed by atoms with van der Waals surface area (Å²) in [5, 5.41) is 0. The molecule has 1 aromatic heterocycles. The fourth-order valence-electron chi connectivity index (χ4n) is 2.44. The van der Waals surface area contributed by atoms with E-state index in [-0.39, 0.29) is 0 Å². The maximum atomic E-state index is 5.95. The van der Waals surface area contributed by atoms with Crippen molar-refractivity contribution in [3.8, 4) is 0 Å². The van der Waals surface area contributed by atoms with E-state index in [1.807, 2.05) is 0 Å². The average molecular weight is 283 g/mol. The third-order valence-electron chi connectivity index (χ3n) is 3.58. The molecule has 0 amide bonds. The molecule has 1 atom stereocenters. The molecule has 0 radical (unpaired) electrons. The van der Waals surface area contributed by atoms with Gasteiger partial charge in [0.2, 0.25) is 0 Å². The molecule has 3 nitrogen and oxygen atoms in total. The number of rotatable bonds is 5. The number of hydrogen-bond donors (Lipinski definition) is 0. The van der Waals surface area contributed by atoms with Crippen LogP contribution in [-0.4, -0.2) is 31.3 Å². The van der Waals surface area contributed by atoms with Gasteiger partial charge in [0.1, 0.15) is 5.82 Å². The molecule has 0 bridgehead atoms. The van der Waals surface area contributed by atoms with Gasteiger partial charge in [-0.25, -0.2) is 4.98 Å². The fourth-order valence-corrected chi connectivity index (χ4v) is 2.59. The summed E-state index contributed by atoms with van der Waals surface area (Å²) < 4.78 is 5.79. The van der Waals surface area contributed by atoms with E-state index in [0.29, 0.717) is 12.0 Å². The third-order valence-corrected chi connectivity index (χ3v) is 3.89. The molecular formula is C15H23ClN2O. The smallest absolute Gasteiger partial charge is 0.128 e. The highest BCUT2D eigenvalue weighted by atomic mass is 35.5. The number of halogens is 1. The van der Waals surface area contributed by atoms with E-state index in [1.54, 1.807) is 0 Å². The van der Waals surface area contributed by atoms with Gasteiger partial charge in [-0.1, -0.05) is 6.92 Å². The first-order valence-electron chi connectivity index (χ1n) is 7.11. The quantitative estimate of drug-likeness (QED) is 0.774. The number of aromatic nitrogens is 1. The maximum Gasteiger partial charge on any atom is 0.128 e. The van der Waals surface area contributed by atoms with Crippen LogP contribution in [0.25, 0.3) is 0 Å². The molecule has 1 aliphatic heterocycles. The molecule has 2 heterocycles. The molecule has 0 N–H and O–H groups in total. The molecule has 4 heteroatoms. The van der Waals surface area contributed by atoms with Gasteiger partial charge >= 0.3 is 0 Å². The van der Waals surface area contributed by atoms with E-state index in [1.165, 1.54) is 12.8 Å². The molecule has 1 fully saturated rings. The van der Waals surface area contributed by atoms with Crippen LogP contribution in [0.5, 0.6) is 0 Å². The number of likely N-dealkylation sites (N-methyl/N-ethyl adjacent to an activating group) is 1. The van der Waals surface area contributed by atoms with Crippen LogP contribution in [0.2, 0.25) is 0 Å². The highest BCUT2D eigenvalue weighted by Crippen LogP contribution is 2.19. The van der Waals surface area contributed by atoms with E-state index in [9.17, 15) is 0 Å². The Morgan fingerprint density at radius 3 is 2.89 bits per heavy atom. The van der Waals surface area contributed by atoms with Gasteiger partial charge in [0.05, 0.1) is 6.10 Å². The van der Waals surface area contributed by atoms with Gasteiger partial charge in [-0.05, 0) is 43.4 Å². The Bertz CT molecular complexity index is 383. The fraction of sp³-hybridized carbons (Fsp3) is 0.667. The van der Waals surface area contributed by atoms with Gasteiger partial charge in [0.15, 0.2) is 0 Å². The van der Waals surface area contributed by atoms with E-state index in [4.69, 9.17) is 16.3 Å². The first-order valence-corrected chi connectivity index (χ1v) is 7.65. The van der Waals surface area contributed by atoms with E-state index >= 15 is 0 Å². The zero-order chi connectivity index (χ0) is 13.7. The lowest BCUT2D eigenvalue weighted by atomic mass is 10.1. The van der Waals surface area contributed by atoms with Gasteiger partial charge in [-0.15, -0.1) is 11.6 Å². The van der Waals surface area contributed by atoms with Crippen LogP contribution >= 0.6 is 11.6 Å². The van der Waals surface area contributed by atoms with Crippen molar-refractivity contribution in [2.75, 3.05) is 25.1 Å². The van der Waals surface area contributed by atoms with Crippen molar-refractivity contribution < 1.29 is 4.74 Å². The predicted molar refractivity (Wildman–Crippen MR) is 80.0 cm³/mol. The predicted octanol–water partition coefficient (Wildman–Crippen LogP) is 3.39. The molecule has 1 aliphatic rings. The summed E-state index contributed by atoms with van der Waals surface area (Å²) in [7, 11) is 2.08. The molecular weight excluding hydrogens is 260 g/mol. The molecule has 1 aromatic rings. The summed E-state index contributed by atoms with van der Waals surface area (Å²) in [4.78, 5) is 6.86. The van der Waals surface area contributed by atoms with E-state index in [0.717, 1.165) is 43.1 Å². The van der Waals surface area contributed by atoms with Crippen LogP contribution in [0.4, 0.5) is 5.82 Å². The Kier molecular flexibility index (Phi) is 5.46. The van der Waals surface area contributed by atoms with Crippen molar-refractivity contribution in [1.29, 1.82) is 0 Å². The summed E-state index contributed by atoms with van der Waals surface area (Å²) in [5.74, 6) is 1.54. The van der Waals surface area contributed by atoms with Crippen molar-refractivity contribution in [3.05, 3.63) is 23.4 Å².